The van der Waals surface area contributed by atoms with E-state index in [9.17, 15) is 41.1 Å². The van der Waals surface area contributed by atoms with Crippen LogP contribution >= 0.6 is 34.3 Å². The molecule has 5 rings (SSSR count). The van der Waals surface area contributed by atoms with Gasteiger partial charge in [-0.25, -0.2) is 45.5 Å². The van der Waals surface area contributed by atoms with Gasteiger partial charge in [0.25, 0.3) is 20.0 Å². The summed E-state index contributed by atoms with van der Waals surface area (Å²) in [7, 11) is -8.06. The number of carbonyl (C=O) groups excluding carboxylic acids is 2. The van der Waals surface area contributed by atoms with E-state index in [1.807, 2.05) is 51.1 Å². The van der Waals surface area contributed by atoms with Gasteiger partial charge in [0.1, 0.15) is 0 Å². The van der Waals surface area contributed by atoms with Gasteiger partial charge in [-0.05, 0) is 48.8 Å². The zero-order chi connectivity index (χ0) is 40.9. The van der Waals surface area contributed by atoms with Gasteiger partial charge >= 0.3 is 24.2 Å². The molecular formula is C32H43ClN8O10S4. The number of thiophene rings is 2. The Morgan fingerprint density at radius 3 is 1.95 bits per heavy atom. The van der Waals surface area contributed by atoms with E-state index in [1.165, 1.54) is 15.9 Å². The number of rotatable bonds is 9. The number of anilines is 2. The third-order valence-corrected chi connectivity index (χ3v) is 15.0. The zero-order valence-corrected chi connectivity index (χ0v) is 34.0. The smallest absolute Gasteiger partial charge is 0.407 e. The normalized spacial score (nSPS) is 19.2. The fourth-order valence-corrected chi connectivity index (χ4v) is 12.4. The molecule has 0 saturated carbocycles. The molecule has 2 saturated heterocycles. The van der Waals surface area contributed by atoms with Gasteiger partial charge in [-0.1, -0.05) is 62.7 Å². The molecule has 0 spiro atoms. The lowest BCUT2D eigenvalue weighted by atomic mass is 9.78. The van der Waals surface area contributed by atoms with Crippen LogP contribution in [0.5, 0.6) is 0 Å². The number of amides is 6. The summed E-state index contributed by atoms with van der Waals surface area (Å²) < 4.78 is 56.9. The maximum absolute atomic E-state index is 13.0. The summed E-state index contributed by atoms with van der Waals surface area (Å²) in [6.07, 6.45) is -0.0623. The van der Waals surface area contributed by atoms with Crippen LogP contribution in [0.15, 0.2) is 50.9 Å². The standard InChI is InChI=1S/C17H20N4O5S2.C15H23ClN4O5S2/c18-16(22)19-13-9-14(11-5-2-1-3-6-11)27-15(13)28(25,26)20-12-7-4-8-21(10-12)17(23)24;1-15(2,3)11-8(5-4-6-20(11)14(22)23)19-27(24,25)12-9(18-13(17)21)7-10(16)26-12/h1-3,5-6,9,12,20H,4,7-8,10H2,(H,23,24)(H3,18,19,22);7-8,11,19H,4-6H2,1-3H3,(H,22,23)(H3,17,18,21)/t12-;/m0./s1. The second kappa shape index (κ2) is 17.7. The van der Waals surface area contributed by atoms with Crippen LogP contribution in [0.4, 0.5) is 30.6 Å². The van der Waals surface area contributed by atoms with Crippen molar-refractivity contribution >= 4 is 89.9 Å². The van der Waals surface area contributed by atoms with Crippen molar-refractivity contribution < 1.29 is 46.2 Å². The van der Waals surface area contributed by atoms with E-state index in [1.54, 1.807) is 6.07 Å². The van der Waals surface area contributed by atoms with Gasteiger partial charge in [0, 0.05) is 36.6 Å². The molecule has 3 aromatic rings. The van der Waals surface area contributed by atoms with Gasteiger partial charge in [0.05, 0.1) is 21.8 Å². The molecule has 55 heavy (non-hydrogen) atoms. The summed E-state index contributed by atoms with van der Waals surface area (Å²) in [6.45, 7) is 6.38. The van der Waals surface area contributed by atoms with E-state index < -0.39 is 67.8 Å². The molecule has 302 valence electrons. The largest absolute Gasteiger partial charge is 0.465 e. The first-order valence-electron chi connectivity index (χ1n) is 16.7. The van der Waals surface area contributed by atoms with Crippen molar-refractivity contribution in [1.82, 2.24) is 19.2 Å². The van der Waals surface area contributed by atoms with E-state index in [-0.39, 0.29) is 30.7 Å². The quantitative estimate of drug-likeness (QED) is 0.142. The molecule has 2 aliphatic rings. The van der Waals surface area contributed by atoms with Gasteiger partial charge < -0.3 is 42.1 Å². The predicted molar refractivity (Wildman–Crippen MR) is 210 cm³/mol. The maximum atomic E-state index is 13.0. The third kappa shape index (κ3) is 11.4. The SMILES string of the molecule is CC(C)(C)C1C(NS(=O)(=O)c2sc(Cl)cc2NC(N)=O)CCCN1C(=O)O.NC(=O)Nc1cc(-c2ccccc2)sc1S(=O)(=O)N[C@H]1CCCN(C(=O)O)C1. The van der Waals surface area contributed by atoms with Crippen molar-refractivity contribution in [2.24, 2.45) is 16.9 Å². The van der Waals surface area contributed by atoms with Crippen LogP contribution in [0.25, 0.3) is 10.4 Å². The topological polar surface area (TPSA) is 284 Å². The van der Waals surface area contributed by atoms with Gasteiger partial charge in [0.2, 0.25) is 0 Å². The highest BCUT2D eigenvalue weighted by Crippen LogP contribution is 2.39. The number of halogens is 1. The minimum absolute atomic E-state index is 0.0109. The Morgan fingerprint density at radius 1 is 0.818 bits per heavy atom. The van der Waals surface area contributed by atoms with E-state index >= 15 is 0 Å². The third-order valence-electron chi connectivity index (χ3n) is 8.51. The lowest BCUT2D eigenvalue weighted by Crippen LogP contribution is -2.61. The van der Waals surface area contributed by atoms with Crippen molar-refractivity contribution in [1.29, 1.82) is 0 Å². The van der Waals surface area contributed by atoms with E-state index in [0.717, 1.165) is 28.2 Å². The molecule has 18 nitrogen and oxygen atoms in total. The van der Waals surface area contributed by atoms with Crippen molar-refractivity contribution in [2.75, 3.05) is 30.3 Å². The number of hydrogen-bond donors (Lipinski definition) is 8. The van der Waals surface area contributed by atoms with Gasteiger partial charge in [-0.2, -0.15) is 0 Å². The second-order valence-electron chi connectivity index (χ2n) is 13.8. The Morgan fingerprint density at radius 2 is 1.38 bits per heavy atom. The molecule has 3 atom stereocenters. The number of hydrogen-bond acceptors (Lipinski definition) is 10. The Kier molecular flexibility index (Phi) is 14.0. The van der Waals surface area contributed by atoms with Crippen molar-refractivity contribution in [2.45, 2.75) is 73.0 Å². The van der Waals surface area contributed by atoms with Crippen LogP contribution in [0, 0.1) is 5.41 Å². The number of primary amides is 2. The Bertz CT molecular complexity index is 2110. The minimum Gasteiger partial charge on any atom is -0.465 e. The van der Waals surface area contributed by atoms with Crippen LogP contribution in [0.3, 0.4) is 0 Å². The first kappa shape index (κ1) is 43.5. The number of nitrogens with zero attached hydrogens (tertiary/aromatic N) is 2. The van der Waals surface area contributed by atoms with E-state index in [0.29, 0.717) is 43.6 Å². The van der Waals surface area contributed by atoms with E-state index in [2.05, 4.69) is 20.1 Å². The number of carbonyl (C=O) groups is 4. The molecule has 23 heteroatoms. The second-order valence-corrected chi connectivity index (χ2v) is 20.3. The lowest BCUT2D eigenvalue weighted by molar-refractivity contribution is 0.0434. The molecule has 2 aliphatic heterocycles. The molecule has 4 heterocycles. The van der Waals surface area contributed by atoms with Crippen LogP contribution in [0.2, 0.25) is 4.34 Å². The molecule has 0 radical (unpaired) electrons. The molecule has 1 aromatic carbocycles. The van der Waals surface area contributed by atoms with Gasteiger partial charge in [-0.3, -0.25) is 0 Å². The minimum atomic E-state index is -4.06. The van der Waals surface area contributed by atoms with Crippen molar-refractivity contribution in [3.05, 3.63) is 46.8 Å². The number of likely N-dealkylation sites (tertiary alicyclic amines) is 2. The van der Waals surface area contributed by atoms with E-state index in [4.69, 9.17) is 28.2 Å². The van der Waals surface area contributed by atoms with Crippen LogP contribution in [-0.2, 0) is 20.0 Å². The monoisotopic (exact) mass is 862 g/mol. The molecular weight excluding hydrogens is 820 g/mol. The maximum Gasteiger partial charge on any atom is 0.407 e. The Labute approximate surface area is 331 Å². The zero-order valence-electron chi connectivity index (χ0n) is 29.9. The number of benzene rings is 1. The number of piperidine rings is 2. The molecule has 2 fully saturated rings. The fourth-order valence-electron chi connectivity index (χ4n) is 6.48. The summed E-state index contributed by atoms with van der Waals surface area (Å²) in [5.74, 6) is 0. The first-order chi connectivity index (χ1) is 25.6. The van der Waals surface area contributed by atoms with Gasteiger partial charge in [0.15, 0.2) is 8.42 Å². The number of sulfonamides is 2. The average molecular weight is 863 g/mol. The van der Waals surface area contributed by atoms with Crippen LogP contribution in [-0.4, -0.2) is 98.9 Å². The highest BCUT2D eigenvalue weighted by molar-refractivity contribution is 7.92. The van der Waals surface area contributed by atoms with Crippen LogP contribution < -0.4 is 31.5 Å². The fraction of sp³-hybridized carbons (Fsp3) is 0.438. The number of nitrogens with two attached hydrogens (primary N) is 2. The Balaban J connectivity index is 0.000000245. The molecule has 0 bridgehead atoms. The molecule has 2 unspecified atom stereocenters. The van der Waals surface area contributed by atoms with Crippen molar-refractivity contribution in [3.8, 4) is 10.4 Å². The Hall–Kier alpha value is -4.19. The number of urea groups is 2. The highest BCUT2D eigenvalue weighted by Gasteiger charge is 2.44. The summed E-state index contributed by atoms with van der Waals surface area (Å²) >= 11 is 7.70. The van der Waals surface area contributed by atoms with Crippen LogP contribution in [0.1, 0.15) is 46.5 Å². The lowest BCUT2D eigenvalue weighted by Gasteiger charge is -2.46. The number of carboxylic acid groups (broad SMARTS) is 2. The van der Waals surface area contributed by atoms with Crippen molar-refractivity contribution in [3.63, 3.8) is 0 Å². The molecule has 2 aromatic heterocycles. The average Bonchev–Trinajstić information content (AvgIpc) is 3.68. The molecule has 6 amide bonds. The van der Waals surface area contributed by atoms with Gasteiger partial charge in [-0.15, -0.1) is 22.7 Å². The predicted octanol–water partition coefficient (Wildman–Crippen LogP) is 5.05. The highest BCUT2D eigenvalue weighted by atomic mass is 35.5. The first-order valence-corrected chi connectivity index (χ1v) is 21.7. The summed E-state index contributed by atoms with van der Waals surface area (Å²) in [4.78, 5) is 48.4. The summed E-state index contributed by atoms with van der Waals surface area (Å²) in [5.41, 5.74) is 10.7. The number of nitrogens with one attached hydrogen (secondary N) is 4. The molecule has 10 N–H and O–H groups in total. The molecule has 0 aliphatic carbocycles. The summed E-state index contributed by atoms with van der Waals surface area (Å²) in [6, 6.07) is 8.51. The summed E-state index contributed by atoms with van der Waals surface area (Å²) in [5, 5.41) is 23.3.